The Morgan fingerprint density at radius 2 is 2.08 bits per heavy atom. The van der Waals surface area contributed by atoms with Gasteiger partial charge in [-0.25, -0.2) is 0 Å². The first-order chi connectivity index (χ1) is 12.0. The summed E-state index contributed by atoms with van der Waals surface area (Å²) >= 11 is 1.19. The van der Waals surface area contributed by atoms with E-state index in [-0.39, 0.29) is 35.8 Å². The highest BCUT2D eigenvalue weighted by Gasteiger charge is 2.30. The third-order valence-electron chi connectivity index (χ3n) is 4.73. The van der Waals surface area contributed by atoms with Gasteiger partial charge in [0.25, 0.3) is 0 Å². The lowest BCUT2D eigenvalue weighted by molar-refractivity contribution is -0.135. The number of carbonyl (C=O) groups excluding carboxylic acids is 1. The van der Waals surface area contributed by atoms with E-state index in [1.165, 1.54) is 11.3 Å². The molecular formula is C18H24ClN3O3S. The van der Waals surface area contributed by atoms with Crippen LogP contribution in [0.25, 0.3) is 0 Å². The van der Waals surface area contributed by atoms with Crippen molar-refractivity contribution in [3.8, 4) is 5.75 Å². The SMILES string of the molecule is COc1ccccc1C1CNCCN1C(=O)Cn1c(C)c(C)sc1=O.Cl. The van der Waals surface area contributed by atoms with Gasteiger partial charge in [0.15, 0.2) is 0 Å². The molecule has 1 N–H and O–H groups in total. The van der Waals surface area contributed by atoms with Gasteiger partial charge in [0.1, 0.15) is 12.3 Å². The van der Waals surface area contributed by atoms with Crippen molar-refractivity contribution in [3.05, 3.63) is 50.1 Å². The van der Waals surface area contributed by atoms with Crippen molar-refractivity contribution < 1.29 is 9.53 Å². The summed E-state index contributed by atoms with van der Waals surface area (Å²) in [6.45, 7) is 5.90. The van der Waals surface area contributed by atoms with Gasteiger partial charge < -0.3 is 15.0 Å². The molecule has 1 amide bonds. The third-order valence-corrected chi connectivity index (χ3v) is 5.73. The summed E-state index contributed by atoms with van der Waals surface area (Å²) in [7, 11) is 1.64. The number of thiazole rings is 1. The van der Waals surface area contributed by atoms with Crippen LogP contribution in [0.4, 0.5) is 0 Å². The fourth-order valence-electron chi connectivity index (χ4n) is 3.22. The summed E-state index contributed by atoms with van der Waals surface area (Å²) in [4.78, 5) is 27.8. The largest absolute Gasteiger partial charge is 0.496 e. The first-order valence-electron chi connectivity index (χ1n) is 8.33. The fourth-order valence-corrected chi connectivity index (χ4v) is 4.05. The van der Waals surface area contributed by atoms with Crippen LogP contribution >= 0.6 is 23.7 Å². The third kappa shape index (κ3) is 3.95. The molecule has 2 heterocycles. The maximum absolute atomic E-state index is 13.0. The van der Waals surface area contributed by atoms with Gasteiger partial charge in [-0.3, -0.25) is 14.2 Å². The number of hydrogen-bond acceptors (Lipinski definition) is 5. The molecule has 1 aliphatic heterocycles. The molecule has 26 heavy (non-hydrogen) atoms. The average molecular weight is 398 g/mol. The average Bonchev–Trinajstić information content (AvgIpc) is 2.87. The van der Waals surface area contributed by atoms with Crippen LogP contribution < -0.4 is 14.9 Å². The molecule has 0 aliphatic carbocycles. The molecule has 1 aromatic carbocycles. The molecule has 0 spiro atoms. The van der Waals surface area contributed by atoms with E-state index in [2.05, 4.69) is 5.32 Å². The number of piperazine rings is 1. The number of aromatic nitrogens is 1. The molecule has 3 rings (SSSR count). The summed E-state index contributed by atoms with van der Waals surface area (Å²) in [5.41, 5.74) is 1.85. The Labute approximate surface area is 163 Å². The summed E-state index contributed by atoms with van der Waals surface area (Å²) in [5, 5.41) is 3.34. The lowest BCUT2D eigenvalue weighted by atomic mass is 10.0. The maximum Gasteiger partial charge on any atom is 0.308 e. The Bertz CT molecular complexity index is 833. The molecule has 142 valence electrons. The number of amides is 1. The van der Waals surface area contributed by atoms with Crippen molar-refractivity contribution in [2.24, 2.45) is 0 Å². The number of carbonyl (C=O) groups is 1. The summed E-state index contributed by atoms with van der Waals surface area (Å²) in [5.74, 6) is 0.731. The molecule has 1 aromatic heterocycles. The van der Waals surface area contributed by atoms with Crippen molar-refractivity contribution in [1.29, 1.82) is 0 Å². The van der Waals surface area contributed by atoms with E-state index in [0.717, 1.165) is 28.4 Å². The van der Waals surface area contributed by atoms with E-state index in [0.29, 0.717) is 13.1 Å². The minimum atomic E-state index is -0.104. The number of methoxy groups -OCH3 is 1. The molecule has 2 aromatic rings. The highest BCUT2D eigenvalue weighted by atomic mass is 35.5. The minimum absolute atomic E-state index is 0. The molecule has 1 atom stereocenters. The van der Waals surface area contributed by atoms with Crippen LogP contribution in [-0.2, 0) is 11.3 Å². The lowest BCUT2D eigenvalue weighted by Crippen LogP contribution is -2.50. The van der Waals surface area contributed by atoms with Crippen LogP contribution in [0, 0.1) is 13.8 Å². The first-order valence-corrected chi connectivity index (χ1v) is 9.14. The standard InChI is InChI=1S/C18H23N3O3S.ClH/c1-12-13(2)25-18(23)21(12)11-17(22)20-9-8-19-10-15(20)14-6-4-5-7-16(14)24-3;/h4-7,15,19H,8-11H2,1-3H3;1H. The highest BCUT2D eigenvalue weighted by molar-refractivity contribution is 7.09. The van der Waals surface area contributed by atoms with Crippen LogP contribution in [-0.4, -0.2) is 42.1 Å². The maximum atomic E-state index is 13.0. The molecule has 1 aliphatic rings. The Morgan fingerprint density at radius 1 is 1.35 bits per heavy atom. The number of para-hydroxylation sites is 1. The molecule has 1 fully saturated rings. The summed E-state index contributed by atoms with van der Waals surface area (Å²) in [6.07, 6.45) is 0. The van der Waals surface area contributed by atoms with Gasteiger partial charge in [-0.1, -0.05) is 29.5 Å². The van der Waals surface area contributed by atoms with Crippen LogP contribution in [0.1, 0.15) is 22.2 Å². The van der Waals surface area contributed by atoms with Crippen molar-refractivity contribution >= 4 is 29.7 Å². The van der Waals surface area contributed by atoms with Gasteiger partial charge in [-0.05, 0) is 19.9 Å². The number of nitrogens with one attached hydrogen (secondary N) is 1. The molecule has 8 heteroatoms. The first kappa shape index (κ1) is 20.5. The number of hydrogen-bond donors (Lipinski definition) is 1. The minimum Gasteiger partial charge on any atom is -0.496 e. The molecule has 1 saturated heterocycles. The predicted molar refractivity (Wildman–Crippen MR) is 106 cm³/mol. The molecule has 6 nitrogen and oxygen atoms in total. The predicted octanol–water partition coefficient (Wildman–Crippen LogP) is 2.13. The van der Waals surface area contributed by atoms with Gasteiger partial charge >= 0.3 is 4.87 Å². The zero-order valence-electron chi connectivity index (χ0n) is 15.2. The van der Waals surface area contributed by atoms with E-state index in [1.54, 1.807) is 11.7 Å². The summed E-state index contributed by atoms with van der Waals surface area (Å²) < 4.78 is 7.04. The van der Waals surface area contributed by atoms with Crippen LogP contribution in [0.15, 0.2) is 29.1 Å². The van der Waals surface area contributed by atoms with Gasteiger partial charge in [-0.15, -0.1) is 12.4 Å². The number of ether oxygens (including phenoxy) is 1. The normalized spacial score (nSPS) is 16.9. The Hall–Kier alpha value is -1.83. The second-order valence-corrected chi connectivity index (χ2v) is 7.31. The smallest absolute Gasteiger partial charge is 0.308 e. The van der Waals surface area contributed by atoms with E-state index < -0.39 is 0 Å². The van der Waals surface area contributed by atoms with E-state index in [1.807, 2.05) is 43.0 Å². The lowest BCUT2D eigenvalue weighted by Gasteiger charge is -2.37. The molecule has 1 unspecified atom stereocenters. The van der Waals surface area contributed by atoms with Crippen molar-refractivity contribution in [2.45, 2.75) is 26.4 Å². The Balaban J connectivity index is 0.00000243. The van der Waals surface area contributed by atoms with E-state index in [9.17, 15) is 9.59 Å². The topological polar surface area (TPSA) is 63.6 Å². The van der Waals surface area contributed by atoms with Crippen molar-refractivity contribution in [2.75, 3.05) is 26.7 Å². The van der Waals surface area contributed by atoms with Crippen molar-refractivity contribution in [1.82, 2.24) is 14.8 Å². The Morgan fingerprint density at radius 3 is 2.73 bits per heavy atom. The Kier molecular flexibility index (Phi) is 6.86. The van der Waals surface area contributed by atoms with E-state index in [4.69, 9.17) is 4.74 Å². The van der Waals surface area contributed by atoms with Gasteiger partial charge in [-0.2, -0.15) is 0 Å². The number of rotatable bonds is 4. The number of nitrogens with zero attached hydrogens (tertiary/aromatic N) is 2. The van der Waals surface area contributed by atoms with Gasteiger partial charge in [0.2, 0.25) is 5.91 Å². The van der Waals surface area contributed by atoms with Gasteiger partial charge in [0, 0.05) is 35.8 Å². The molecular weight excluding hydrogens is 374 g/mol. The van der Waals surface area contributed by atoms with E-state index >= 15 is 0 Å². The molecule has 0 bridgehead atoms. The monoisotopic (exact) mass is 397 g/mol. The zero-order chi connectivity index (χ0) is 18.0. The van der Waals surface area contributed by atoms with Crippen LogP contribution in [0.2, 0.25) is 0 Å². The highest BCUT2D eigenvalue weighted by Crippen LogP contribution is 2.30. The number of aryl methyl sites for hydroxylation is 1. The quantitative estimate of drug-likeness (QED) is 0.858. The zero-order valence-corrected chi connectivity index (χ0v) is 16.8. The van der Waals surface area contributed by atoms with Gasteiger partial charge in [0.05, 0.1) is 13.2 Å². The number of halogens is 1. The number of benzene rings is 1. The van der Waals surface area contributed by atoms with Crippen LogP contribution in [0.3, 0.4) is 0 Å². The molecule has 0 saturated carbocycles. The van der Waals surface area contributed by atoms with Crippen LogP contribution in [0.5, 0.6) is 5.75 Å². The van der Waals surface area contributed by atoms with Crippen molar-refractivity contribution in [3.63, 3.8) is 0 Å². The fraction of sp³-hybridized carbons (Fsp3) is 0.444. The second-order valence-electron chi connectivity index (χ2n) is 6.14. The molecule has 0 radical (unpaired) electrons. The summed E-state index contributed by atoms with van der Waals surface area (Å²) in [6, 6.07) is 7.66. The second kappa shape index (κ2) is 8.70.